The smallest absolute Gasteiger partial charge is 0.340 e. The van der Waals surface area contributed by atoms with Crippen molar-refractivity contribution in [2.75, 3.05) is 24.3 Å². The fourth-order valence-electron chi connectivity index (χ4n) is 6.41. The molecule has 202 valence electrons. The second-order valence-electron chi connectivity index (χ2n) is 10.9. The minimum absolute atomic E-state index is 0.345. The van der Waals surface area contributed by atoms with Crippen LogP contribution in [-0.4, -0.2) is 19.6 Å². The van der Waals surface area contributed by atoms with Crippen LogP contribution in [0.25, 0.3) is 0 Å². The maximum Gasteiger partial charge on any atom is 0.340 e. The van der Waals surface area contributed by atoms with Gasteiger partial charge in [0.05, 0.1) is 18.4 Å². The van der Waals surface area contributed by atoms with Crippen LogP contribution in [-0.2, 0) is 10.3 Å². The molecule has 0 aromatic heterocycles. The van der Waals surface area contributed by atoms with Gasteiger partial charge in [-0.3, -0.25) is 0 Å². The normalized spacial score (nSPS) is 19.2. The molecule has 4 aromatic rings. The molecule has 6 nitrogen and oxygen atoms in total. The fraction of sp³-hybridized carbons (Fsp3) is 0.265. The Balaban J connectivity index is 1.34. The Morgan fingerprint density at radius 1 is 0.825 bits per heavy atom. The zero-order chi connectivity index (χ0) is 27.1. The molecule has 1 spiro atoms. The molecule has 1 unspecified atom stereocenters. The Morgan fingerprint density at radius 3 is 2.42 bits per heavy atom. The first-order chi connectivity index (χ1) is 19.7. The van der Waals surface area contributed by atoms with Gasteiger partial charge in [-0.15, -0.1) is 0 Å². The summed E-state index contributed by atoms with van der Waals surface area (Å²) < 4.78 is 18.7. The second kappa shape index (κ2) is 9.94. The van der Waals surface area contributed by atoms with Crippen molar-refractivity contribution >= 4 is 23.0 Å². The first kappa shape index (κ1) is 24.6. The molecular weight excluding hydrogens is 500 g/mol. The third-order valence-corrected chi connectivity index (χ3v) is 8.41. The van der Waals surface area contributed by atoms with Gasteiger partial charge in [-0.2, -0.15) is 0 Å². The number of ether oxygens (including phenoxy) is 3. The zero-order valence-corrected chi connectivity index (χ0v) is 22.5. The molecule has 0 saturated heterocycles. The lowest BCUT2D eigenvalue weighted by molar-refractivity contribution is 0.0224. The van der Waals surface area contributed by atoms with E-state index in [1.165, 1.54) is 32.1 Å². The van der Waals surface area contributed by atoms with Gasteiger partial charge < -0.3 is 24.8 Å². The van der Waals surface area contributed by atoms with E-state index in [2.05, 4.69) is 16.7 Å². The summed E-state index contributed by atoms with van der Waals surface area (Å²) in [5.74, 6) is 2.24. The molecule has 40 heavy (non-hydrogen) atoms. The summed E-state index contributed by atoms with van der Waals surface area (Å²) in [6.45, 7) is 0.945. The number of nitrogens with one attached hydrogen (secondary N) is 2. The highest BCUT2D eigenvalue weighted by atomic mass is 16.6. The van der Waals surface area contributed by atoms with E-state index >= 15 is 0 Å². The Kier molecular flexibility index (Phi) is 6.11. The number of methoxy groups -OCH3 is 1. The Bertz CT molecular complexity index is 1580. The summed E-state index contributed by atoms with van der Waals surface area (Å²) in [6, 6.07) is 27.5. The van der Waals surface area contributed by atoms with Crippen molar-refractivity contribution < 1.29 is 19.0 Å². The third-order valence-electron chi connectivity index (χ3n) is 8.41. The lowest BCUT2D eigenvalue weighted by Gasteiger charge is -2.37. The molecule has 7 rings (SSSR count). The molecule has 1 atom stereocenters. The molecule has 2 heterocycles. The Morgan fingerprint density at radius 2 is 1.60 bits per heavy atom. The number of anilines is 3. The number of benzene rings is 4. The minimum atomic E-state index is -1.14. The average Bonchev–Trinajstić information content (AvgIpc) is 3.30. The van der Waals surface area contributed by atoms with Crippen LogP contribution in [0.15, 0.2) is 84.9 Å². The van der Waals surface area contributed by atoms with E-state index in [4.69, 9.17) is 14.2 Å². The van der Waals surface area contributed by atoms with Crippen molar-refractivity contribution in [3.63, 3.8) is 0 Å². The van der Waals surface area contributed by atoms with Gasteiger partial charge in [0.1, 0.15) is 17.2 Å². The molecule has 4 aromatic carbocycles. The standard InChI is InChI=1S/C34H32N2O4/c1-38-32-20-31-28(19-29(32)36-23-12-6-3-7-13-23)34(26-15-9-8-14-25(26)33(37)40-34)27-17-16-24(18-30(27)39-31)35-21-22-10-4-2-5-11-22/h3,6-9,12-20,22,35-36H,2,4-5,10-11,21H2,1H3. The molecule has 2 N–H and O–H groups in total. The Hall–Kier alpha value is -4.45. The van der Waals surface area contributed by atoms with Crippen LogP contribution < -0.4 is 20.1 Å². The number of hydrogen-bond acceptors (Lipinski definition) is 6. The largest absolute Gasteiger partial charge is 0.494 e. The van der Waals surface area contributed by atoms with Gasteiger partial charge in [0.25, 0.3) is 0 Å². The van der Waals surface area contributed by atoms with E-state index in [-0.39, 0.29) is 5.97 Å². The Labute approximate surface area is 234 Å². The predicted molar refractivity (Wildman–Crippen MR) is 156 cm³/mol. The van der Waals surface area contributed by atoms with Gasteiger partial charge in [0, 0.05) is 46.7 Å². The lowest BCUT2D eigenvalue weighted by Crippen LogP contribution is -2.33. The summed E-state index contributed by atoms with van der Waals surface area (Å²) in [5, 5.41) is 7.10. The number of rotatable bonds is 6. The third kappa shape index (κ3) is 4.06. The van der Waals surface area contributed by atoms with Gasteiger partial charge >= 0.3 is 5.97 Å². The van der Waals surface area contributed by atoms with E-state index in [1.807, 2.05) is 78.9 Å². The maximum atomic E-state index is 13.3. The lowest BCUT2D eigenvalue weighted by atomic mass is 9.77. The number of para-hydroxylation sites is 1. The highest BCUT2D eigenvalue weighted by molar-refractivity contribution is 5.97. The van der Waals surface area contributed by atoms with Crippen LogP contribution >= 0.6 is 0 Å². The monoisotopic (exact) mass is 532 g/mol. The van der Waals surface area contributed by atoms with Crippen molar-refractivity contribution in [2.45, 2.75) is 37.7 Å². The van der Waals surface area contributed by atoms with Crippen LogP contribution in [0.2, 0.25) is 0 Å². The van der Waals surface area contributed by atoms with Gasteiger partial charge in [-0.05, 0) is 55.2 Å². The van der Waals surface area contributed by atoms with E-state index in [9.17, 15) is 4.79 Å². The van der Waals surface area contributed by atoms with Crippen LogP contribution in [0.4, 0.5) is 17.1 Å². The molecule has 1 saturated carbocycles. The second-order valence-corrected chi connectivity index (χ2v) is 10.9. The summed E-state index contributed by atoms with van der Waals surface area (Å²) in [7, 11) is 1.64. The highest BCUT2D eigenvalue weighted by Crippen LogP contribution is 2.58. The molecule has 0 radical (unpaired) electrons. The quantitative estimate of drug-likeness (QED) is 0.245. The highest BCUT2D eigenvalue weighted by Gasteiger charge is 2.53. The van der Waals surface area contributed by atoms with Crippen molar-refractivity contribution in [1.29, 1.82) is 0 Å². The van der Waals surface area contributed by atoms with Gasteiger partial charge in [0.15, 0.2) is 5.60 Å². The molecule has 0 bridgehead atoms. The van der Waals surface area contributed by atoms with Crippen LogP contribution in [0.5, 0.6) is 17.2 Å². The molecule has 1 aliphatic carbocycles. The van der Waals surface area contributed by atoms with Crippen molar-refractivity contribution in [2.24, 2.45) is 5.92 Å². The summed E-state index contributed by atoms with van der Waals surface area (Å²) in [6.07, 6.45) is 6.52. The van der Waals surface area contributed by atoms with Crippen LogP contribution in [0, 0.1) is 5.92 Å². The number of esters is 1. The number of fused-ring (bicyclic) bond motifs is 6. The SMILES string of the molecule is COc1cc2c(cc1Nc1ccccc1)C1(OC(=O)c3ccccc31)c1ccc(NCC3CCCCC3)cc1O2. The minimum Gasteiger partial charge on any atom is -0.494 e. The van der Waals surface area contributed by atoms with E-state index < -0.39 is 5.60 Å². The summed E-state index contributed by atoms with van der Waals surface area (Å²) >= 11 is 0. The van der Waals surface area contributed by atoms with Crippen LogP contribution in [0.3, 0.4) is 0 Å². The van der Waals surface area contributed by atoms with Crippen molar-refractivity contribution in [3.8, 4) is 17.2 Å². The first-order valence-electron chi connectivity index (χ1n) is 14.1. The molecule has 1 fully saturated rings. The van der Waals surface area contributed by atoms with E-state index in [0.29, 0.717) is 28.7 Å². The molecule has 2 aliphatic heterocycles. The van der Waals surface area contributed by atoms with Crippen molar-refractivity contribution in [1.82, 2.24) is 0 Å². The number of carbonyl (C=O) groups excluding carboxylic acids is 1. The fourth-order valence-corrected chi connectivity index (χ4v) is 6.41. The van der Waals surface area contributed by atoms with Gasteiger partial charge in [-0.25, -0.2) is 4.79 Å². The number of carbonyl (C=O) groups is 1. The number of hydrogen-bond donors (Lipinski definition) is 2. The molecular formula is C34H32N2O4. The van der Waals surface area contributed by atoms with E-state index in [0.717, 1.165) is 40.3 Å². The molecule has 0 amide bonds. The molecule has 6 heteroatoms. The maximum absolute atomic E-state index is 13.3. The van der Waals surface area contributed by atoms with Gasteiger partial charge in [0.2, 0.25) is 0 Å². The average molecular weight is 533 g/mol. The van der Waals surface area contributed by atoms with E-state index in [1.54, 1.807) is 7.11 Å². The molecule has 3 aliphatic rings. The summed E-state index contributed by atoms with van der Waals surface area (Å²) in [4.78, 5) is 13.3. The van der Waals surface area contributed by atoms with Gasteiger partial charge in [-0.1, -0.05) is 55.7 Å². The summed E-state index contributed by atoms with van der Waals surface area (Å²) in [5.41, 5.74) is 4.46. The first-order valence-corrected chi connectivity index (χ1v) is 14.1. The van der Waals surface area contributed by atoms with Crippen molar-refractivity contribution in [3.05, 3.63) is 107 Å². The topological polar surface area (TPSA) is 68.8 Å². The zero-order valence-electron chi connectivity index (χ0n) is 22.5. The van der Waals surface area contributed by atoms with Crippen LogP contribution in [0.1, 0.15) is 59.2 Å². The predicted octanol–water partition coefficient (Wildman–Crippen LogP) is 8.00.